The number of rotatable bonds is 3. The van der Waals surface area contributed by atoms with Gasteiger partial charge in [-0.15, -0.1) is 0 Å². The molecule has 0 radical (unpaired) electrons. The van der Waals surface area contributed by atoms with Gasteiger partial charge in [0.1, 0.15) is 6.61 Å². The van der Waals surface area contributed by atoms with Crippen LogP contribution < -0.4 is 0 Å². The molecular formula is C7H9NOS. The van der Waals surface area contributed by atoms with E-state index >= 15 is 0 Å². The Morgan fingerprint density at radius 2 is 2.50 bits per heavy atom. The van der Waals surface area contributed by atoms with Crippen molar-refractivity contribution < 1.29 is 4.18 Å². The molecule has 1 heterocycles. The number of pyridine rings is 1. The normalized spacial score (nSPS) is 9.70. The van der Waals surface area contributed by atoms with Crippen molar-refractivity contribution in [3.05, 3.63) is 30.1 Å². The summed E-state index contributed by atoms with van der Waals surface area (Å²) in [6.45, 7) is 0.585. The first-order valence-corrected chi connectivity index (χ1v) is 4.14. The Morgan fingerprint density at radius 3 is 3.10 bits per heavy atom. The number of nitrogens with zero attached hydrogens (tertiary/aromatic N) is 1. The third kappa shape index (κ3) is 2.37. The summed E-state index contributed by atoms with van der Waals surface area (Å²) < 4.78 is 5.07. The highest BCUT2D eigenvalue weighted by Gasteiger charge is 1.89. The quantitative estimate of drug-likeness (QED) is 0.622. The summed E-state index contributed by atoms with van der Waals surface area (Å²) in [6, 6.07) is 5.78. The molecule has 0 aromatic carbocycles. The Balaban J connectivity index is 2.43. The predicted molar refractivity (Wildman–Crippen MR) is 42.5 cm³/mol. The second-order valence-corrected chi connectivity index (χ2v) is 2.32. The van der Waals surface area contributed by atoms with Crippen LogP contribution in [0, 0.1) is 0 Å². The van der Waals surface area contributed by atoms with Crippen molar-refractivity contribution >= 4 is 12.0 Å². The molecule has 0 spiro atoms. The average Bonchev–Trinajstić information content (AvgIpc) is 2.03. The highest BCUT2D eigenvalue weighted by molar-refractivity contribution is 7.93. The van der Waals surface area contributed by atoms with Crippen molar-refractivity contribution in [2.24, 2.45) is 0 Å². The lowest BCUT2D eigenvalue weighted by Crippen LogP contribution is -1.87. The van der Waals surface area contributed by atoms with Gasteiger partial charge >= 0.3 is 0 Å². The van der Waals surface area contributed by atoms with Gasteiger partial charge in [0.15, 0.2) is 0 Å². The number of hydrogen-bond acceptors (Lipinski definition) is 3. The minimum Gasteiger partial charge on any atom is -0.309 e. The molecule has 0 fully saturated rings. The fraction of sp³-hybridized carbons (Fsp3) is 0.286. The van der Waals surface area contributed by atoms with E-state index in [0.717, 1.165) is 5.69 Å². The molecule has 0 saturated carbocycles. The molecule has 2 nitrogen and oxygen atoms in total. The second kappa shape index (κ2) is 4.30. The van der Waals surface area contributed by atoms with Gasteiger partial charge in [0, 0.05) is 12.5 Å². The van der Waals surface area contributed by atoms with E-state index in [1.54, 1.807) is 6.20 Å². The smallest absolute Gasteiger partial charge is 0.103 e. The molecule has 1 aromatic rings. The maximum Gasteiger partial charge on any atom is 0.103 e. The molecule has 0 saturated heterocycles. The first-order chi connectivity index (χ1) is 4.93. The molecule has 0 aliphatic carbocycles. The van der Waals surface area contributed by atoms with Crippen molar-refractivity contribution in [3.8, 4) is 0 Å². The molecular weight excluding hydrogens is 146 g/mol. The SMILES string of the molecule is CSOCc1ccccn1. The topological polar surface area (TPSA) is 22.1 Å². The Labute approximate surface area is 64.8 Å². The van der Waals surface area contributed by atoms with Gasteiger partial charge < -0.3 is 4.18 Å². The molecule has 0 bridgehead atoms. The molecule has 54 valence electrons. The predicted octanol–water partition coefficient (Wildman–Crippen LogP) is 1.88. The molecule has 0 atom stereocenters. The minimum absolute atomic E-state index is 0.585. The first kappa shape index (κ1) is 7.57. The van der Waals surface area contributed by atoms with E-state index in [1.165, 1.54) is 12.0 Å². The summed E-state index contributed by atoms with van der Waals surface area (Å²) in [5.74, 6) is 0. The number of aromatic nitrogens is 1. The van der Waals surface area contributed by atoms with Crippen LogP contribution in [0.1, 0.15) is 5.69 Å². The third-order valence-corrected chi connectivity index (χ3v) is 1.40. The van der Waals surface area contributed by atoms with Gasteiger partial charge in [0.05, 0.1) is 5.69 Å². The van der Waals surface area contributed by atoms with Crippen LogP contribution in [0.15, 0.2) is 24.4 Å². The van der Waals surface area contributed by atoms with Crippen LogP contribution in [0.5, 0.6) is 0 Å². The Kier molecular flexibility index (Phi) is 3.26. The molecule has 0 amide bonds. The fourth-order valence-electron chi connectivity index (χ4n) is 0.603. The van der Waals surface area contributed by atoms with Gasteiger partial charge in [-0.2, -0.15) is 0 Å². The largest absolute Gasteiger partial charge is 0.309 e. The molecule has 0 aliphatic rings. The highest BCUT2D eigenvalue weighted by atomic mass is 32.2. The van der Waals surface area contributed by atoms with Gasteiger partial charge in [-0.25, -0.2) is 0 Å². The molecule has 1 aromatic heterocycles. The lowest BCUT2D eigenvalue weighted by atomic mass is 10.4. The van der Waals surface area contributed by atoms with Gasteiger partial charge in [-0.3, -0.25) is 4.98 Å². The Hall–Kier alpha value is -0.540. The third-order valence-electron chi connectivity index (χ3n) is 1.05. The summed E-state index contributed by atoms with van der Waals surface area (Å²) >= 11 is 1.36. The van der Waals surface area contributed by atoms with Gasteiger partial charge in [0.25, 0.3) is 0 Å². The zero-order chi connectivity index (χ0) is 7.23. The summed E-state index contributed by atoms with van der Waals surface area (Å²) in [4.78, 5) is 4.08. The van der Waals surface area contributed by atoms with Crippen LogP contribution in [0.2, 0.25) is 0 Å². The zero-order valence-electron chi connectivity index (χ0n) is 5.78. The maximum atomic E-state index is 5.07. The minimum atomic E-state index is 0.585. The average molecular weight is 155 g/mol. The van der Waals surface area contributed by atoms with E-state index in [1.807, 2.05) is 24.5 Å². The van der Waals surface area contributed by atoms with E-state index < -0.39 is 0 Å². The van der Waals surface area contributed by atoms with E-state index in [4.69, 9.17) is 4.18 Å². The Bertz CT molecular complexity index is 178. The second-order valence-electron chi connectivity index (χ2n) is 1.75. The molecule has 3 heteroatoms. The van der Waals surface area contributed by atoms with Crippen molar-refractivity contribution in [2.45, 2.75) is 6.61 Å². The van der Waals surface area contributed by atoms with Crippen molar-refractivity contribution in [2.75, 3.05) is 6.26 Å². The first-order valence-electron chi connectivity index (χ1n) is 2.99. The number of hydrogen-bond donors (Lipinski definition) is 0. The van der Waals surface area contributed by atoms with Gasteiger partial charge in [0.2, 0.25) is 0 Å². The standard InChI is InChI=1S/C7H9NOS/c1-10-9-6-7-4-2-3-5-8-7/h2-5H,6H2,1H3. The van der Waals surface area contributed by atoms with E-state index in [-0.39, 0.29) is 0 Å². The molecule has 0 unspecified atom stereocenters. The molecule has 0 aliphatic heterocycles. The van der Waals surface area contributed by atoms with E-state index in [2.05, 4.69) is 4.98 Å². The monoisotopic (exact) mass is 155 g/mol. The molecule has 0 N–H and O–H groups in total. The van der Waals surface area contributed by atoms with Crippen LogP contribution in [0.25, 0.3) is 0 Å². The Morgan fingerprint density at radius 1 is 1.60 bits per heavy atom. The summed E-state index contributed by atoms with van der Waals surface area (Å²) in [6.07, 6.45) is 3.65. The zero-order valence-corrected chi connectivity index (χ0v) is 6.60. The van der Waals surface area contributed by atoms with Crippen LogP contribution in [-0.2, 0) is 10.8 Å². The highest BCUT2D eigenvalue weighted by Crippen LogP contribution is 2.01. The maximum absolute atomic E-state index is 5.07. The van der Waals surface area contributed by atoms with Crippen molar-refractivity contribution in [1.29, 1.82) is 0 Å². The summed E-state index contributed by atoms with van der Waals surface area (Å²) in [5.41, 5.74) is 0.969. The lowest BCUT2D eigenvalue weighted by Gasteiger charge is -1.96. The van der Waals surface area contributed by atoms with Crippen molar-refractivity contribution in [1.82, 2.24) is 4.98 Å². The van der Waals surface area contributed by atoms with Crippen molar-refractivity contribution in [3.63, 3.8) is 0 Å². The van der Waals surface area contributed by atoms with Gasteiger partial charge in [-0.1, -0.05) is 6.07 Å². The van der Waals surface area contributed by atoms with Crippen LogP contribution >= 0.6 is 12.0 Å². The molecule has 1 rings (SSSR count). The fourth-order valence-corrected chi connectivity index (χ4v) is 0.841. The summed E-state index contributed by atoms with van der Waals surface area (Å²) in [7, 11) is 0. The summed E-state index contributed by atoms with van der Waals surface area (Å²) in [5, 5.41) is 0. The van der Waals surface area contributed by atoms with Crippen LogP contribution in [0.3, 0.4) is 0 Å². The van der Waals surface area contributed by atoms with Crippen LogP contribution in [-0.4, -0.2) is 11.2 Å². The lowest BCUT2D eigenvalue weighted by molar-refractivity contribution is 0.359. The van der Waals surface area contributed by atoms with E-state index in [9.17, 15) is 0 Å². The van der Waals surface area contributed by atoms with E-state index in [0.29, 0.717) is 6.61 Å². The molecule has 10 heavy (non-hydrogen) atoms. The van der Waals surface area contributed by atoms with Gasteiger partial charge in [-0.05, 0) is 24.2 Å². The van der Waals surface area contributed by atoms with Crippen LogP contribution in [0.4, 0.5) is 0 Å².